The van der Waals surface area contributed by atoms with E-state index in [2.05, 4.69) is 22.6 Å². The van der Waals surface area contributed by atoms with Crippen molar-refractivity contribution in [3.63, 3.8) is 0 Å². The van der Waals surface area contributed by atoms with Gasteiger partial charge < -0.3 is 5.11 Å². The maximum absolute atomic E-state index is 12.9. The topological polar surface area (TPSA) is 20.2 Å². The van der Waals surface area contributed by atoms with Crippen molar-refractivity contribution in [1.29, 1.82) is 0 Å². The average Bonchev–Trinajstić information content (AvgIpc) is 2.64. The van der Waals surface area contributed by atoms with Crippen LogP contribution in [0.5, 0.6) is 0 Å². The lowest BCUT2D eigenvalue weighted by molar-refractivity contribution is 0.220. The van der Waals surface area contributed by atoms with Gasteiger partial charge in [0.15, 0.2) is 0 Å². The van der Waals surface area contributed by atoms with Crippen molar-refractivity contribution in [3.05, 3.63) is 55.5 Å². The number of hydrogen-bond donors (Lipinski definition) is 1. The van der Waals surface area contributed by atoms with Gasteiger partial charge in [-0.2, -0.15) is 0 Å². The van der Waals surface area contributed by atoms with Crippen molar-refractivity contribution in [3.8, 4) is 0 Å². The van der Waals surface area contributed by atoms with Crippen LogP contribution in [0.2, 0.25) is 0 Å². The molecule has 0 aliphatic heterocycles. The third-order valence-corrected chi connectivity index (χ3v) is 3.88. The van der Waals surface area contributed by atoms with E-state index in [4.69, 9.17) is 0 Å². The van der Waals surface area contributed by atoms with Crippen molar-refractivity contribution in [2.75, 3.05) is 0 Å². The van der Waals surface area contributed by atoms with E-state index in [1.54, 1.807) is 23.5 Å². The second-order valence-electron chi connectivity index (χ2n) is 3.14. The maximum Gasteiger partial charge on any atom is 0.123 e. The first kappa shape index (κ1) is 11.0. The monoisotopic (exact) mass is 334 g/mol. The van der Waals surface area contributed by atoms with Gasteiger partial charge in [-0.05, 0) is 57.3 Å². The molecule has 0 spiro atoms. The van der Waals surface area contributed by atoms with Crippen molar-refractivity contribution >= 4 is 33.9 Å². The molecule has 1 heterocycles. The third-order valence-electron chi connectivity index (χ3n) is 2.07. The van der Waals surface area contributed by atoms with Crippen LogP contribution in [0.25, 0.3) is 0 Å². The van der Waals surface area contributed by atoms with Gasteiger partial charge in [0.2, 0.25) is 0 Å². The predicted octanol–water partition coefficient (Wildman–Crippen LogP) is 3.57. The Hall–Kier alpha value is -0.460. The number of halogens is 2. The molecule has 1 atom stereocenters. The molecule has 0 aliphatic rings. The van der Waals surface area contributed by atoms with Gasteiger partial charge in [0.25, 0.3) is 0 Å². The van der Waals surface area contributed by atoms with Gasteiger partial charge in [-0.25, -0.2) is 4.39 Å². The molecule has 0 fully saturated rings. The highest BCUT2D eigenvalue weighted by Gasteiger charge is 2.12. The Bertz CT molecular complexity index is 469. The minimum absolute atomic E-state index is 0.323. The Morgan fingerprint density at radius 1 is 1.27 bits per heavy atom. The lowest BCUT2D eigenvalue weighted by Gasteiger charge is -2.08. The van der Waals surface area contributed by atoms with Crippen molar-refractivity contribution in [2.24, 2.45) is 0 Å². The van der Waals surface area contributed by atoms with E-state index < -0.39 is 6.10 Å². The summed E-state index contributed by atoms with van der Waals surface area (Å²) in [5, 5.41) is 11.9. The molecule has 0 aliphatic carbocycles. The summed E-state index contributed by atoms with van der Waals surface area (Å²) >= 11 is 3.76. The molecule has 0 bridgehead atoms. The number of hydrogen-bond acceptors (Lipinski definition) is 2. The zero-order chi connectivity index (χ0) is 10.8. The first-order valence-corrected chi connectivity index (χ1v) is 6.30. The Morgan fingerprint density at radius 3 is 2.67 bits per heavy atom. The Labute approximate surface area is 105 Å². The van der Waals surface area contributed by atoms with E-state index in [1.807, 2.05) is 11.4 Å². The Balaban J connectivity index is 2.32. The van der Waals surface area contributed by atoms with Gasteiger partial charge in [0.05, 0.1) is 2.88 Å². The Morgan fingerprint density at radius 2 is 2.07 bits per heavy atom. The molecule has 15 heavy (non-hydrogen) atoms. The van der Waals surface area contributed by atoms with Gasteiger partial charge >= 0.3 is 0 Å². The summed E-state index contributed by atoms with van der Waals surface area (Å²) in [6.07, 6.45) is -0.736. The van der Waals surface area contributed by atoms with Crippen LogP contribution < -0.4 is 0 Å². The molecule has 1 nitrogen and oxygen atoms in total. The molecule has 2 aromatic rings. The molecule has 1 aromatic carbocycles. The minimum atomic E-state index is -0.736. The van der Waals surface area contributed by atoms with E-state index in [0.29, 0.717) is 5.56 Å². The molecule has 1 aromatic heterocycles. The van der Waals surface area contributed by atoms with Crippen LogP contribution in [-0.2, 0) is 0 Å². The van der Waals surface area contributed by atoms with Gasteiger partial charge in [-0.3, -0.25) is 0 Å². The van der Waals surface area contributed by atoms with E-state index >= 15 is 0 Å². The number of benzene rings is 1. The molecule has 0 saturated heterocycles. The van der Waals surface area contributed by atoms with Crippen LogP contribution in [-0.4, -0.2) is 5.11 Å². The largest absolute Gasteiger partial charge is 0.384 e. The number of thiophene rings is 1. The molecule has 1 N–H and O–H groups in total. The lowest BCUT2D eigenvalue weighted by Crippen LogP contribution is -1.98. The summed E-state index contributed by atoms with van der Waals surface area (Å²) in [5.41, 5.74) is 1.40. The van der Waals surface area contributed by atoms with Crippen molar-refractivity contribution in [1.82, 2.24) is 0 Å². The number of aliphatic hydroxyl groups is 1. The van der Waals surface area contributed by atoms with E-state index in [0.717, 1.165) is 8.45 Å². The van der Waals surface area contributed by atoms with Gasteiger partial charge in [-0.1, -0.05) is 12.1 Å². The summed E-state index contributed by atoms with van der Waals surface area (Å²) in [6, 6.07) is 7.95. The first-order chi connectivity index (χ1) is 7.16. The Kier molecular flexibility index (Phi) is 3.38. The van der Waals surface area contributed by atoms with E-state index in [9.17, 15) is 9.50 Å². The molecular formula is C11H8FIOS. The smallest absolute Gasteiger partial charge is 0.123 e. The summed E-state index contributed by atoms with van der Waals surface area (Å²) < 4.78 is 14.0. The zero-order valence-corrected chi connectivity index (χ0v) is 10.6. The van der Waals surface area contributed by atoms with Gasteiger partial charge in [-0.15, -0.1) is 11.3 Å². The molecule has 0 amide bonds. The summed E-state index contributed by atoms with van der Waals surface area (Å²) in [7, 11) is 0. The first-order valence-electron chi connectivity index (χ1n) is 4.34. The fraction of sp³-hybridized carbons (Fsp3) is 0.0909. The van der Waals surface area contributed by atoms with Crippen LogP contribution >= 0.6 is 33.9 Å². The van der Waals surface area contributed by atoms with E-state index in [1.165, 1.54) is 12.1 Å². The molecule has 0 radical (unpaired) electrons. The summed E-state index contributed by atoms with van der Waals surface area (Å²) in [4.78, 5) is 0. The van der Waals surface area contributed by atoms with Crippen LogP contribution in [0, 0.1) is 8.70 Å². The highest BCUT2D eigenvalue weighted by molar-refractivity contribution is 14.1. The number of aliphatic hydroxyl groups excluding tert-OH is 1. The molecule has 1 unspecified atom stereocenters. The fourth-order valence-electron chi connectivity index (χ4n) is 1.34. The highest BCUT2D eigenvalue weighted by Crippen LogP contribution is 2.27. The van der Waals surface area contributed by atoms with Crippen LogP contribution in [0.1, 0.15) is 17.2 Å². The van der Waals surface area contributed by atoms with Crippen molar-refractivity contribution in [2.45, 2.75) is 6.10 Å². The molecular weight excluding hydrogens is 326 g/mol. The standard InChI is InChI=1S/C11H8FIOS/c12-9-3-1-2-7(4-9)11(14)8-5-10(13)15-6-8/h1-6,11,14H. The second kappa shape index (κ2) is 4.59. The molecule has 2 rings (SSSR count). The SMILES string of the molecule is OC(c1cccc(F)c1)c1csc(I)c1. The average molecular weight is 334 g/mol. The number of rotatable bonds is 2. The maximum atomic E-state index is 12.9. The fourth-order valence-corrected chi connectivity index (χ4v) is 2.73. The minimum Gasteiger partial charge on any atom is -0.384 e. The lowest BCUT2D eigenvalue weighted by atomic mass is 10.0. The molecule has 4 heteroatoms. The predicted molar refractivity (Wildman–Crippen MR) is 67.5 cm³/mol. The molecule has 0 saturated carbocycles. The van der Waals surface area contributed by atoms with Crippen LogP contribution in [0.15, 0.2) is 35.7 Å². The third kappa shape index (κ3) is 2.56. The summed E-state index contributed by atoms with van der Waals surface area (Å²) in [6.45, 7) is 0. The van der Waals surface area contributed by atoms with Gasteiger partial charge in [0, 0.05) is 0 Å². The second-order valence-corrected chi connectivity index (χ2v) is 5.95. The quantitative estimate of drug-likeness (QED) is 0.833. The van der Waals surface area contributed by atoms with Crippen molar-refractivity contribution < 1.29 is 9.50 Å². The van der Waals surface area contributed by atoms with E-state index in [-0.39, 0.29) is 5.82 Å². The highest BCUT2D eigenvalue weighted by atomic mass is 127. The van der Waals surface area contributed by atoms with Gasteiger partial charge in [0.1, 0.15) is 11.9 Å². The summed E-state index contributed by atoms with van der Waals surface area (Å²) in [5.74, 6) is -0.323. The van der Waals surface area contributed by atoms with Crippen LogP contribution in [0.4, 0.5) is 4.39 Å². The molecule has 78 valence electrons. The zero-order valence-electron chi connectivity index (χ0n) is 7.65. The normalized spacial score (nSPS) is 12.7. The van der Waals surface area contributed by atoms with Crippen LogP contribution in [0.3, 0.4) is 0 Å².